The lowest BCUT2D eigenvalue weighted by molar-refractivity contribution is 0.165. The van der Waals surface area contributed by atoms with Gasteiger partial charge in [-0.2, -0.15) is 0 Å². The second kappa shape index (κ2) is 11.9. The molecule has 2 atom stereocenters. The molecule has 1 fully saturated rings. The lowest BCUT2D eigenvalue weighted by Gasteiger charge is -2.38. The fraction of sp³-hybridized carbons (Fsp3) is 0.379. The molecular weight excluding hydrogens is 595 g/mol. The van der Waals surface area contributed by atoms with Gasteiger partial charge in [-0.25, -0.2) is 12.7 Å². The molecule has 0 amide bonds. The number of halogens is 3. The van der Waals surface area contributed by atoms with Crippen molar-refractivity contribution >= 4 is 56.0 Å². The first-order valence-electron chi connectivity index (χ1n) is 13.0. The highest BCUT2D eigenvalue weighted by Crippen LogP contribution is 2.46. The monoisotopic (exact) mass is 624 g/mol. The molecule has 5 nitrogen and oxygen atoms in total. The molecule has 1 spiro atoms. The first-order valence-corrected chi connectivity index (χ1v) is 16.9. The summed E-state index contributed by atoms with van der Waals surface area (Å²) in [5, 5.41) is 1.11. The van der Waals surface area contributed by atoms with E-state index in [1.807, 2.05) is 30.3 Å². The summed E-state index contributed by atoms with van der Waals surface area (Å²) in [5.74, 6) is 0.606. The molecule has 3 aromatic rings. The largest absolute Gasteiger partial charge is 0.611 e. The Bertz CT molecular complexity index is 1450. The molecule has 0 aromatic heterocycles. The summed E-state index contributed by atoms with van der Waals surface area (Å²) >= 11 is 17.8. The van der Waals surface area contributed by atoms with Crippen molar-refractivity contribution < 1.29 is 13.0 Å². The predicted molar refractivity (Wildman–Crippen MR) is 160 cm³/mol. The molecule has 2 heterocycles. The number of hydrogen-bond donors (Lipinski definition) is 0. The molecule has 0 saturated carbocycles. The van der Waals surface area contributed by atoms with Gasteiger partial charge in [-0.05, 0) is 91.9 Å². The molecule has 2 aliphatic heterocycles. The normalized spacial score (nSPS) is 19.9. The van der Waals surface area contributed by atoms with Gasteiger partial charge >= 0.3 is 0 Å². The van der Waals surface area contributed by atoms with E-state index >= 15 is 0 Å². The van der Waals surface area contributed by atoms with Crippen LogP contribution in [0, 0.1) is 0 Å². The number of fused-ring (bicyclic) bond motifs is 2. The number of rotatable bonds is 8. The van der Waals surface area contributed by atoms with E-state index in [-0.39, 0.29) is 27.8 Å². The summed E-state index contributed by atoms with van der Waals surface area (Å²) in [5.41, 5.74) is 2.19. The standard InChI is InChI=1S/C29H31Cl3N2O3S2/c1-33(39(36,37)28-9-5-3-7-25(28)31)19-22(21-10-11-24(30)26(32)18-21)12-15-34-16-13-29(14-17-34)20-38(35)27-8-4-2-6-23(27)29/h2-11,18,22H,12-17,19-20H2,1H3. The van der Waals surface area contributed by atoms with Crippen molar-refractivity contribution in [1.82, 2.24) is 9.21 Å². The van der Waals surface area contributed by atoms with E-state index in [0.717, 1.165) is 49.4 Å². The summed E-state index contributed by atoms with van der Waals surface area (Å²) in [4.78, 5) is 3.52. The van der Waals surface area contributed by atoms with E-state index in [1.54, 1.807) is 31.3 Å². The van der Waals surface area contributed by atoms with Crippen molar-refractivity contribution in [2.75, 3.05) is 39.0 Å². The highest BCUT2D eigenvalue weighted by molar-refractivity contribution is 7.91. The van der Waals surface area contributed by atoms with Crippen LogP contribution >= 0.6 is 34.8 Å². The molecule has 208 valence electrons. The molecular formula is C29H31Cl3N2O3S2. The molecule has 39 heavy (non-hydrogen) atoms. The van der Waals surface area contributed by atoms with Gasteiger partial charge in [-0.1, -0.05) is 71.2 Å². The van der Waals surface area contributed by atoms with Gasteiger partial charge in [-0.15, -0.1) is 0 Å². The second-order valence-electron chi connectivity index (χ2n) is 10.5. The maximum absolute atomic E-state index is 13.4. The summed E-state index contributed by atoms with van der Waals surface area (Å²) in [7, 11) is -2.19. The van der Waals surface area contributed by atoms with Gasteiger partial charge in [0.05, 0.1) is 15.1 Å². The molecule has 10 heteroatoms. The summed E-state index contributed by atoms with van der Waals surface area (Å²) in [6, 6.07) is 20.2. The average Bonchev–Trinajstić information content (AvgIpc) is 3.20. The molecule has 2 unspecified atom stereocenters. The zero-order valence-electron chi connectivity index (χ0n) is 21.7. The number of likely N-dealkylation sites (N-methyl/N-ethyl adjacent to an activating group) is 1. The quantitative estimate of drug-likeness (QED) is 0.265. The topological polar surface area (TPSA) is 63.7 Å². The molecule has 0 bridgehead atoms. The Morgan fingerprint density at radius 1 is 0.974 bits per heavy atom. The zero-order valence-corrected chi connectivity index (χ0v) is 25.6. The highest BCUT2D eigenvalue weighted by atomic mass is 35.5. The fourth-order valence-corrected chi connectivity index (χ4v) is 9.70. The predicted octanol–water partition coefficient (Wildman–Crippen LogP) is 6.60. The number of benzene rings is 3. The van der Waals surface area contributed by atoms with Crippen molar-refractivity contribution in [3.05, 3.63) is 92.9 Å². The van der Waals surface area contributed by atoms with E-state index < -0.39 is 21.2 Å². The van der Waals surface area contributed by atoms with Crippen LogP contribution in [0.1, 0.15) is 36.3 Å². The van der Waals surface area contributed by atoms with E-state index in [2.05, 4.69) is 11.0 Å². The van der Waals surface area contributed by atoms with Crippen LogP contribution in [0.25, 0.3) is 0 Å². The Morgan fingerprint density at radius 2 is 1.67 bits per heavy atom. The van der Waals surface area contributed by atoms with Crippen LogP contribution in [0.15, 0.2) is 76.5 Å². The van der Waals surface area contributed by atoms with Crippen LogP contribution in [0.2, 0.25) is 15.1 Å². The number of piperidine rings is 1. The average molecular weight is 626 g/mol. The summed E-state index contributed by atoms with van der Waals surface area (Å²) in [6.07, 6.45) is 2.68. The summed E-state index contributed by atoms with van der Waals surface area (Å²) < 4.78 is 40.9. The third kappa shape index (κ3) is 6.02. The number of likely N-dealkylation sites (tertiary alicyclic amines) is 1. The van der Waals surface area contributed by atoms with Crippen molar-refractivity contribution in [2.45, 2.75) is 40.4 Å². The SMILES string of the molecule is CN(CC(CCN1CCC2(CC1)C[S+]([O-])c1ccccc12)c1ccc(Cl)c(Cl)c1)S(=O)(=O)c1ccccc1Cl. The fourth-order valence-electron chi connectivity index (χ4n) is 5.83. The Kier molecular flexibility index (Phi) is 8.92. The Hall–Kier alpha value is -1.29. The molecule has 1 saturated heterocycles. The van der Waals surface area contributed by atoms with Gasteiger partial charge in [0.1, 0.15) is 10.6 Å². The number of sulfonamides is 1. The van der Waals surface area contributed by atoms with E-state index in [4.69, 9.17) is 34.8 Å². The summed E-state index contributed by atoms with van der Waals surface area (Å²) in [6.45, 7) is 2.90. The third-order valence-corrected chi connectivity index (χ3v) is 12.9. The van der Waals surface area contributed by atoms with Crippen LogP contribution in [-0.4, -0.2) is 61.2 Å². The van der Waals surface area contributed by atoms with Crippen LogP contribution in [0.5, 0.6) is 0 Å². The molecule has 0 aliphatic carbocycles. The van der Waals surface area contributed by atoms with Crippen LogP contribution < -0.4 is 0 Å². The Labute approximate surface area is 249 Å². The van der Waals surface area contributed by atoms with Crippen molar-refractivity contribution in [3.63, 3.8) is 0 Å². The molecule has 0 radical (unpaired) electrons. The molecule has 0 N–H and O–H groups in total. The van der Waals surface area contributed by atoms with Gasteiger partial charge < -0.3 is 9.45 Å². The minimum Gasteiger partial charge on any atom is -0.611 e. The minimum atomic E-state index is -3.78. The van der Waals surface area contributed by atoms with Gasteiger partial charge in [0.2, 0.25) is 10.0 Å². The maximum Gasteiger partial charge on any atom is 0.244 e. The molecule has 3 aromatic carbocycles. The smallest absolute Gasteiger partial charge is 0.244 e. The van der Waals surface area contributed by atoms with Crippen molar-refractivity contribution in [1.29, 1.82) is 0 Å². The highest BCUT2D eigenvalue weighted by Gasteiger charge is 2.48. The first-order chi connectivity index (χ1) is 18.6. The minimum absolute atomic E-state index is 0.00961. The van der Waals surface area contributed by atoms with Crippen LogP contribution in [0.4, 0.5) is 0 Å². The zero-order chi connectivity index (χ0) is 27.8. The number of hydrogen-bond acceptors (Lipinski definition) is 4. The lowest BCUT2D eigenvalue weighted by atomic mass is 9.74. The molecule has 5 rings (SSSR count). The van der Waals surface area contributed by atoms with Crippen LogP contribution in [-0.2, 0) is 26.6 Å². The lowest BCUT2D eigenvalue weighted by Crippen LogP contribution is -2.44. The van der Waals surface area contributed by atoms with Crippen LogP contribution in [0.3, 0.4) is 0 Å². The van der Waals surface area contributed by atoms with Gasteiger partial charge in [0.25, 0.3) is 0 Å². The third-order valence-electron chi connectivity index (χ3n) is 8.14. The Morgan fingerprint density at radius 3 is 2.38 bits per heavy atom. The van der Waals surface area contributed by atoms with Crippen molar-refractivity contribution in [3.8, 4) is 0 Å². The van der Waals surface area contributed by atoms with E-state index in [0.29, 0.717) is 15.8 Å². The van der Waals surface area contributed by atoms with E-state index in [9.17, 15) is 13.0 Å². The number of nitrogens with zero attached hydrogens (tertiary/aromatic N) is 2. The van der Waals surface area contributed by atoms with Gasteiger partial charge in [-0.3, -0.25) is 0 Å². The van der Waals surface area contributed by atoms with Gasteiger partial charge in [0.15, 0.2) is 4.90 Å². The van der Waals surface area contributed by atoms with Crippen molar-refractivity contribution in [2.24, 2.45) is 0 Å². The Balaban J connectivity index is 1.30. The van der Waals surface area contributed by atoms with Gasteiger partial charge in [0, 0.05) is 24.6 Å². The maximum atomic E-state index is 13.4. The van der Waals surface area contributed by atoms with E-state index in [1.165, 1.54) is 15.9 Å². The molecule has 2 aliphatic rings. The first kappa shape index (κ1) is 29.2. The second-order valence-corrected chi connectivity index (χ2v) is 15.1.